The fourth-order valence-corrected chi connectivity index (χ4v) is 3.86. The summed E-state index contributed by atoms with van der Waals surface area (Å²) < 4.78 is 1.72. The van der Waals surface area contributed by atoms with Gasteiger partial charge in [-0.3, -0.25) is 9.48 Å². The first-order valence-electron chi connectivity index (χ1n) is 10.5. The van der Waals surface area contributed by atoms with Crippen LogP contribution in [-0.2, 0) is 11.8 Å². The first-order valence-corrected chi connectivity index (χ1v) is 10.5. The molecule has 3 aromatic rings. The normalized spacial score (nSPS) is 16.6. The number of nitrogens with one attached hydrogen (secondary N) is 1. The van der Waals surface area contributed by atoms with Crippen LogP contribution in [0.1, 0.15) is 48.1 Å². The molecular formula is C23H27N7O. The molecule has 1 N–H and O–H groups in total. The van der Waals surface area contributed by atoms with Gasteiger partial charge < -0.3 is 10.2 Å². The van der Waals surface area contributed by atoms with Crippen molar-refractivity contribution >= 4 is 23.6 Å². The van der Waals surface area contributed by atoms with Gasteiger partial charge in [0.05, 0.1) is 17.9 Å². The topological polar surface area (TPSA) is 88.8 Å². The van der Waals surface area contributed by atoms with E-state index in [9.17, 15) is 4.79 Å². The number of pyridine rings is 1. The van der Waals surface area contributed by atoms with Gasteiger partial charge in [-0.25, -0.2) is 15.0 Å². The van der Waals surface area contributed by atoms with E-state index >= 15 is 0 Å². The Morgan fingerprint density at radius 2 is 2.03 bits per heavy atom. The molecule has 8 nitrogen and oxygen atoms in total. The van der Waals surface area contributed by atoms with Gasteiger partial charge in [-0.05, 0) is 51.3 Å². The van der Waals surface area contributed by atoms with Gasteiger partial charge in [0.15, 0.2) is 0 Å². The Balaban J connectivity index is 1.56. The number of nitrogens with zero attached hydrogens (tertiary/aromatic N) is 6. The third kappa shape index (κ3) is 5.14. The molecule has 31 heavy (non-hydrogen) atoms. The SMILES string of the molecule is Cc1cccc(Nc2cc([C@@H]3CCCCN3C(=O)/C=C/c3cnn(C)c3)nc(C)n2)n1. The number of hydrogen-bond donors (Lipinski definition) is 1. The van der Waals surface area contributed by atoms with Crippen molar-refractivity contribution in [2.75, 3.05) is 11.9 Å². The number of piperidine rings is 1. The van der Waals surface area contributed by atoms with Crippen LogP contribution in [-0.4, -0.2) is 42.1 Å². The molecule has 0 unspecified atom stereocenters. The molecule has 0 aliphatic carbocycles. The number of rotatable bonds is 5. The smallest absolute Gasteiger partial charge is 0.247 e. The maximum atomic E-state index is 13.0. The van der Waals surface area contributed by atoms with E-state index in [4.69, 9.17) is 0 Å². The standard InChI is InChI=1S/C23H27N7O/c1-16-7-6-9-21(25-16)28-22-13-19(26-17(2)27-22)20-8-4-5-12-30(20)23(31)11-10-18-14-24-29(3)15-18/h6-7,9-11,13-15,20H,4-5,8,12H2,1-3H3,(H,25,26,27,28)/b11-10+/t20-/m0/s1. The molecule has 0 radical (unpaired) electrons. The van der Waals surface area contributed by atoms with E-state index in [0.717, 1.165) is 42.0 Å². The van der Waals surface area contributed by atoms with E-state index in [1.807, 2.05) is 62.3 Å². The second-order valence-electron chi connectivity index (χ2n) is 7.84. The summed E-state index contributed by atoms with van der Waals surface area (Å²) in [5.74, 6) is 2.07. The van der Waals surface area contributed by atoms with Crippen LogP contribution in [0.2, 0.25) is 0 Å². The Hall–Kier alpha value is -3.55. The average molecular weight is 418 g/mol. The Morgan fingerprint density at radius 3 is 2.81 bits per heavy atom. The van der Waals surface area contributed by atoms with Gasteiger partial charge in [0.1, 0.15) is 17.5 Å². The van der Waals surface area contributed by atoms with E-state index in [1.165, 1.54) is 0 Å². The Kier molecular flexibility index (Phi) is 6.06. The minimum Gasteiger partial charge on any atom is -0.331 e. The van der Waals surface area contributed by atoms with E-state index in [0.29, 0.717) is 18.2 Å². The fourth-order valence-electron chi connectivity index (χ4n) is 3.86. The average Bonchev–Trinajstić information content (AvgIpc) is 3.17. The number of carbonyl (C=O) groups is 1. The molecule has 1 saturated heterocycles. The van der Waals surface area contributed by atoms with Gasteiger partial charge in [0, 0.05) is 43.2 Å². The summed E-state index contributed by atoms with van der Waals surface area (Å²) in [6, 6.07) is 7.66. The predicted octanol–water partition coefficient (Wildman–Crippen LogP) is 3.73. The highest BCUT2D eigenvalue weighted by Gasteiger charge is 2.28. The van der Waals surface area contributed by atoms with Crippen molar-refractivity contribution in [3.8, 4) is 0 Å². The zero-order valence-corrected chi connectivity index (χ0v) is 18.1. The van der Waals surface area contributed by atoms with Crippen LogP contribution in [0.25, 0.3) is 6.08 Å². The van der Waals surface area contributed by atoms with E-state index in [1.54, 1.807) is 17.0 Å². The summed E-state index contributed by atoms with van der Waals surface area (Å²) in [6.45, 7) is 4.54. The highest BCUT2D eigenvalue weighted by atomic mass is 16.2. The number of hydrogen-bond acceptors (Lipinski definition) is 6. The van der Waals surface area contributed by atoms with Crippen LogP contribution in [0.3, 0.4) is 0 Å². The van der Waals surface area contributed by atoms with Crippen LogP contribution in [0.15, 0.2) is 42.7 Å². The van der Waals surface area contributed by atoms with Crippen molar-refractivity contribution in [3.63, 3.8) is 0 Å². The maximum absolute atomic E-state index is 13.0. The molecule has 8 heteroatoms. The number of aromatic nitrogens is 5. The summed E-state index contributed by atoms with van der Waals surface area (Å²) in [7, 11) is 1.86. The van der Waals surface area contributed by atoms with Gasteiger partial charge in [-0.15, -0.1) is 0 Å². The fraction of sp³-hybridized carbons (Fsp3) is 0.348. The molecule has 4 rings (SSSR count). The van der Waals surface area contributed by atoms with Crippen molar-refractivity contribution < 1.29 is 4.79 Å². The maximum Gasteiger partial charge on any atom is 0.247 e. The van der Waals surface area contributed by atoms with E-state index < -0.39 is 0 Å². The molecule has 0 bridgehead atoms. The molecule has 1 aliphatic heterocycles. The van der Waals surface area contributed by atoms with Crippen LogP contribution in [0.4, 0.5) is 11.6 Å². The number of anilines is 2. The lowest BCUT2D eigenvalue weighted by atomic mass is 9.98. The predicted molar refractivity (Wildman–Crippen MR) is 120 cm³/mol. The molecule has 0 saturated carbocycles. The largest absolute Gasteiger partial charge is 0.331 e. The molecule has 0 spiro atoms. The number of aryl methyl sites for hydroxylation is 3. The molecular weight excluding hydrogens is 390 g/mol. The van der Waals surface area contributed by atoms with Gasteiger partial charge in [-0.1, -0.05) is 6.07 Å². The lowest BCUT2D eigenvalue weighted by molar-refractivity contribution is -0.129. The Labute approximate surface area is 182 Å². The number of carbonyl (C=O) groups excluding carboxylic acids is 1. The molecule has 1 aliphatic rings. The molecule has 3 aromatic heterocycles. The van der Waals surface area contributed by atoms with Crippen molar-refractivity contribution in [1.82, 2.24) is 29.6 Å². The summed E-state index contributed by atoms with van der Waals surface area (Å²) in [6.07, 6.45) is 9.98. The van der Waals surface area contributed by atoms with E-state index in [-0.39, 0.29) is 11.9 Å². The van der Waals surface area contributed by atoms with E-state index in [2.05, 4.69) is 25.4 Å². The first-order chi connectivity index (χ1) is 15.0. The minimum atomic E-state index is -0.0764. The highest BCUT2D eigenvalue weighted by molar-refractivity contribution is 5.92. The van der Waals surface area contributed by atoms with Gasteiger partial charge in [-0.2, -0.15) is 5.10 Å². The minimum absolute atomic E-state index is 0.0142. The van der Waals surface area contributed by atoms with Crippen LogP contribution in [0, 0.1) is 13.8 Å². The third-order valence-electron chi connectivity index (χ3n) is 5.27. The summed E-state index contributed by atoms with van der Waals surface area (Å²) in [5, 5.41) is 7.41. The van der Waals surface area contributed by atoms with Gasteiger partial charge in [0.25, 0.3) is 0 Å². The third-order valence-corrected chi connectivity index (χ3v) is 5.27. The first kappa shape index (κ1) is 20.7. The summed E-state index contributed by atoms with van der Waals surface area (Å²) in [4.78, 5) is 28.6. The zero-order chi connectivity index (χ0) is 21.8. The highest BCUT2D eigenvalue weighted by Crippen LogP contribution is 2.31. The lowest BCUT2D eigenvalue weighted by Gasteiger charge is -2.35. The van der Waals surface area contributed by atoms with Crippen LogP contribution >= 0.6 is 0 Å². The number of likely N-dealkylation sites (tertiary alicyclic amines) is 1. The van der Waals surface area contributed by atoms with Crippen LogP contribution < -0.4 is 5.32 Å². The second-order valence-corrected chi connectivity index (χ2v) is 7.84. The molecule has 4 heterocycles. The lowest BCUT2D eigenvalue weighted by Crippen LogP contribution is -2.38. The molecule has 1 amide bonds. The Morgan fingerprint density at radius 1 is 1.16 bits per heavy atom. The molecule has 160 valence electrons. The Bertz CT molecular complexity index is 1100. The molecule has 1 fully saturated rings. The second kappa shape index (κ2) is 9.07. The van der Waals surface area contributed by atoms with Crippen molar-refractivity contribution in [2.45, 2.75) is 39.2 Å². The summed E-state index contributed by atoms with van der Waals surface area (Å²) >= 11 is 0. The quantitative estimate of drug-likeness (QED) is 0.636. The van der Waals surface area contributed by atoms with Crippen LogP contribution in [0.5, 0.6) is 0 Å². The number of amides is 1. The monoisotopic (exact) mass is 417 g/mol. The van der Waals surface area contributed by atoms with Gasteiger partial charge >= 0.3 is 0 Å². The zero-order valence-electron chi connectivity index (χ0n) is 18.1. The van der Waals surface area contributed by atoms with Gasteiger partial charge in [0.2, 0.25) is 5.91 Å². The molecule has 0 aromatic carbocycles. The van der Waals surface area contributed by atoms with Crippen molar-refractivity contribution in [1.29, 1.82) is 0 Å². The van der Waals surface area contributed by atoms with Crippen molar-refractivity contribution in [2.24, 2.45) is 7.05 Å². The molecule has 1 atom stereocenters. The van der Waals surface area contributed by atoms with Crippen molar-refractivity contribution in [3.05, 3.63) is 65.5 Å². The summed E-state index contributed by atoms with van der Waals surface area (Å²) in [5.41, 5.74) is 2.69.